The smallest absolute Gasteiger partial charge is 0.0941 e. The van der Waals surface area contributed by atoms with E-state index in [1.165, 1.54) is 57.8 Å². The Morgan fingerprint density at radius 2 is 1.59 bits per heavy atom. The average Bonchev–Trinajstić information content (AvgIpc) is 3.10. The van der Waals surface area contributed by atoms with Crippen molar-refractivity contribution in [2.24, 2.45) is 52.3 Å². The lowest BCUT2D eigenvalue weighted by atomic mass is 9.42. The van der Waals surface area contributed by atoms with Crippen LogP contribution in [0.2, 0.25) is 0 Å². The van der Waals surface area contributed by atoms with E-state index >= 15 is 0 Å². The lowest BCUT2D eigenvalue weighted by Crippen LogP contribution is -2.65. The van der Waals surface area contributed by atoms with Crippen molar-refractivity contribution in [3.05, 3.63) is 0 Å². The highest BCUT2D eigenvalue weighted by molar-refractivity contribution is 5.15. The molecule has 2 N–H and O–H groups in total. The Hall–Kier alpha value is -0.120. The van der Waals surface area contributed by atoms with Gasteiger partial charge in [0.1, 0.15) is 0 Å². The molecule has 0 amide bonds. The van der Waals surface area contributed by atoms with Crippen LogP contribution in [0.4, 0.5) is 0 Å². The van der Waals surface area contributed by atoms with Gasteiger partial charge in [0.2, 0.25) is 0 Å². The molecule has 0 saturated heterocycles. The Morgan fingerprint density at radius 3 is 2.26 bits per heavy atom. The largest absolute Gasteiger partial charge is 0.394 e. The van der Waals surface area contributed by atoms with Gasteiger partial charge in [-0.1, -0.05) is 53.9 Å². The van der Waals surface area contributed by atoms with Crippen LogP contribution in [0.3, 0.4) is 0 Å². The molecule has 3 heteroatoms. The second-order valence-corrected chi connectivity index (χ2v) is 14.6. The summed E-state index contributed by atoms with van der Waals surface area (Å²) in [7, 11) is 0. The van der Waals surface area contributed by atoms with Crippen molar-refractivity contribution in [3.8, 4) is 0 Å². The van der Waals surface area contributed by atoms with Crippen LogP contribution in [0.5, 0.6) is 0 Å². The summed E-state index contributed by atoms with van der Waals surface area (Å²) < 4.78 is 6.14. The summed E-state index contributed by atoms with van der Waals surface area (Å²) in [5.41, 5.74) is -0.673. The van der Waals surface area contributed by atoms with Crippen molar-refractivity contribution in [2.75, 3.05) is 13.2 Å². The second kappa shape index (κ2) is 9.64. The Morgan fingerprint density at radius 1 is 0.882 bits per heavy atom. The van der Waals surface area contributed by atoms with E-state index in [9.17, 15) is 10.2 Å². The van der Waals surface area contributed by atoms with Crippen molar-refractivity contribution in [1.82, 2.24) is 0 Å². The number of fused-ring (bicyclic) bond motifs is 5. The van der Waals surface area contributed by atoms with E-state index < -0.39 is 11.2 Å². The number of aliphatic hydroxyl groups is 2. The minimum absolute atomic E-state index is 0.0234. The molecule has 10 atom stereocenters. The van der Waals surface area contributed by atoms with Crippen LogP contribution in [0.1, 0.15) is 119 Å². The molecule has 0 heterocycles. The molecule has 0 bridgehead atoms. The zero-order valence-electron chi connectivity index (χ0n) is 23.5. The second-order valence-electron chi connectivity index (χ2n) is 14.6. The molecule has 34 heavy (non-hydrogen) atoms. The summed E-state index contributed by atoms with van der Waals surface area (Å²) >= 11 is 0. The molecule has 2 unspecified atom stereocenters. The molecule has 4 aliphatic rings. The average molecular weight is 477 g/mol. The molecule has 3 nitrogen and oxygen atoms in total. The monoisotopic (exact) mass is 476 g/mol. The summed E-state index contributed by atoms with van der Waals surface area (Å²) in [4.78, 5) is 0. The number of aliphatic hydroxyl groups excluding tert-OH is 1. The van der Waals surface area contributed by atoms with E-state index in [-0.39, 0.29) is 12.0 Å². The topological polar surface area (TPSA) is 49.7 Å². The predicted octanol–water partition coefficient (Wildman–Crippen LogP) is 7.24. The van der Waals surface area contributed by atoms with Gasteiger partial charge in [-0.25, -0.2) is 0 Å². The molecular weight excluding hydrogens is 420 g/mol. The normalized spacial score (nSPS) is 49.4. The molecule has 198 valence electrons. The molecule has 0 aromatic carbocycles. The standard InChI is InChI=1S/C31H56O3/c1-21(2)9-8-10-22(3)25-13-14-26-24-12-11-23-19-31(7,34-18-17-32)30(6,33)20-29(23,5)27(24)15-16-28(25,26)4/h21-27,32-33H,8-20H2,1-7H3/t22-,23+,24?,25-,26+,27?,28-,29+,30-,31+/m1/s1. The van der Waals surface area contributed by atoms with E-state index in [4.69, 9.17) is 4.74 Å². The van der Waals surface area contributed by atoms with Gasteiger partial charge in [0.25, 0.3) is 0 Å². The molecular formula is C31H56O3. The van der Waals surface area contributed by atoms with Crippen LogP contribution in [0.15, 0.2) is 0 Å². The molecule has 4 rings (SSSR count). The van der Waals surface area contributed by atoms with E-state index in [1.54, 1.807) is 0 Å². The third kappa shape index (κ3) is 4.43. The number of hydrogen-bond acceptors (Lipinski definition) is 3. The van der Waals surface area contributed by atoms with E-state index in [1.807, 2.05) is 6.92 Å². The number of rotatable bonds is 8. The first kappa shape index (κ1) is 26.9. The Bertz CT molecular complexity index is 703. The summed E-state index contributed by atoms with van der Waals surface area (Å²) in [5.74, 6) is 5.67. The van der Waals surface area contributed by atoms with E-state index in [2.05, 4.69) is 41.5 Å². The van der Waals surface area contributed by atoms with E-state index in [0.29, 0.717) is 17.9 Å². The summed E-state index contributed by atoms with van der Waals surface area (Å²) in [6, 6.07) is 0. The zero-order valence-corrected chi connectivity index (χ0v) is 23.5. The molecule has 0 aromatic rings. The summed E-state index contributed by atoms with van der Waals surface area (Å²) in [5, 5.41) is 21.0. The van der Waals surface area contributed by atoms with Gasteiger partial charge in [0.05, 0.1) is 24.4 Å². The summed E-state index contributed by atoms with van der Waals surface area (Å²) in [6.07, 6.45) is 14.2. The highest BCUT2D eigenvalue weighted by Gasteiger charge is 2.65. The van der Waals surface area contributed by atoms with Gasteiger partial charge in [-0.2, -0.15) is 0 Å². The highest BCUT2D eigenvalue weighted by Crippen LogP contribution is 2.70. The molecule has 4 saturated carbocycles. The van der Waals surface area contributed by atoms with Gasteiger partial charge in [-0.15, -0.1) is 0 Å². The molecule has 4 fully saturated rings. The molecule has 0 aromatic heterocycles. The van der Waals surface area contributed by atoms with Gasteiger partial charge in [-0.05, 0) is 117 Å². The summed E-state index contributed by atoms with van der Waals surface area (Å²) in [6.45, 7) is 16.9. The van der Waals surface area contributed by atoms with Crippen molar-refractivity contribution in [2.45, 2.75) is 130 Å². The molecule has 0 spiro atoms. The first-order chi connectivity index (χ1) is 15.9. The maximum absolute atomic E-state index is 11.7. The van der Waals surface area contributed by atoms with Crippen molar-refractivity contribution in [3.63, 3.8) is 0 Å². The van der Waals surface area contributed by atoms with Gasteiger partial charge < -0.3 is 14.9 Å². The van der Waals surface area contributed by atoms with Crippen molar-refractivity contribution in [1.29, 1.82) is 0 Å². The minimum atomic E-state index is -0.848. The van der Waals surface area contributed by atoms with Crippen molar-refractivity contribution < 1.29 is 14.9 Å². The number of hydrogen-bond donors (Lipinski definition) is 2. The maximum Gasteiger partial charge on any atom is 0.0941 e. The van der Waals surface area contributed by atoms with Gasteiger partial charge >= 0.3 is 0 Å². The van der Waals surface area contributed by atoms with Crippen LogP contribution < -0.4 is 0 Å². The Kier molecular flexibility index (Phi) is 7.63. The molecule has 4 aliphatic carbocycles. The predicted molar refractivity (Wildman–Crippen MR) is 141 cm³/mol. The Balaban J connectivity index is 1.50. The lowest BCUT2D eigenvalue weighted by Gasteiger charge is -2.65. The zero-order chi connectivity index (χ0) is 24.9. The third-order valence-electron chi connectivity index (χ3n) is 12.3. The lowest BCUT2D eigenvalue weighted by molar-refractivity contribution is -0.250. The van der Waals surface area contributed by atoms with Crippen LogP contribution >= 0.6 is 0 Å². The fourth-order valence-corrected chi connectivity index (χ4v) is 10.3. The third-order valence-corrected chi connectivity index (χ3v) is 12.3. The van der Waals surface area contributed by atoms with Crippen molar-refractivity contribution >= 4 is 0 Å². The van der Waals surface area contributed by atoms with Crippen LogP contribution in [-0.2, 0) is 4.74 Å². The van der Waals surface area contributed by atoms with Crippen LogP contribution in [0.25, 0.3) is 0 Å². The SMILES string of the molecule is CC(C)CCC[C@@H](C)[C@H]1CC[C@H]2C3CC[C@H]4C[C@](C)(OCCO)[C@](C)(O)C[C@]4(C)C3CC[C@]12C. The first-order valence-electron chi connectivity index (χ1n) is 14.8. The molecule has 0 radical (unpaired) electrons. The minimum Gasteiger partial charge on any atom is -0.394 e. The highest BCUT2D eigenvalue weighted by atomic mass is 16.5. The fourth-order valence-electron chi connectivity index (χ4n) is 10.3. The van der Waals surface area contributed by atoms with Gasteiger partial charge in [0.15, 0.2) is 0 Å². The molecule has 0 aliphatic heterocycles. The van der Waals surface area contributed by atoms with Crippen LogP contribution in [0, 0.1) is 52.3 Å². The van der Waals surface area contributed by atoms with Crippen LogP contribution in [-0.4, -0.2) is 34.6 Å². The Labute approximate surface area is 210 Å². The number of ether oxygens (including phenoxy) is 1. The van der Waals surface area contributed by atoms with E-state index in [0.717, 1.165) is 48.3 Å². The quantitative estimate of drug-likeness (QED) is 0.388. The van der Waals surface area contributed by atoms with Gasteiger partial charge in [0, 0.05) is 0 Å². The van der Waals surface area contributed by atoms with Gasteiger partial charge in [-0.3, -0.25) is 0 Å². The first-order valence-corrected chi connectivity index (χ1v) is 14.8. The fraction of sp³-hybridized carbons (Fsp3) is 1.00. The maximum atomic E-state index is 11.7.